The smallest absolute Gasteiger partial charge is 0.255 e. The van der Waals surface area contributed by atoms with Crippen molar-refractivity contribution in [2.45, 2.75) is 38.4 Å². The lowest BCUT2D eigenvalue weighted by molar-refractivity contribution is -0.133. The van der Waals surface area contributed by atoms with Gasteiger partial charge in [0.25, 0.3) is 11.8 Å². The van der Waals surface area contributed by atoms with E-state index in [1.807, 2.05) is 12.1 Å². The Bertz CT molecular complexity index is 968. The topological polar surface area (TPSA) is 83.6 Å². The Morgan fingerprint density at radius 2 is 1.82 bits per heavy atom. The Morgan fingerprint density at radius 1 is 1.04 bits per heavy atom. The Labute approximate surface area is 162 Å². The summed E-state index contributed by atoms with van der Waals surface area (Å²) in [5.41, 5.74) is 2.84. The van der Waals surface area contributed by atoms with E-state index in [0.29, 0.717) is 37.1 Å². The highest BCUT2D eigenvalue weighted by molar-refractivity contribution is 6.07. The number of nitrogens with zero attached hydrogens (tertiary/aromatic N) is 1. The molecule has 0 spiro atoms. The second kappa shape index (κ2) is 7.38. The van der Waals surface area contributed by atoms with E-state index >= 15 is 0 Å². The van der Waals surface area contributed by atoms with Gasteiger partial charge >= 0.3 is 0 Å². The van der Waals surface area contributed by atoms with Crippen molar-refractivity contribution in [2.24, 2.45) is 0 Å². The Hall–Kier alpha value is -3.28. The molecule has 6 nitrogen and oxygen atoms in total. The average Bonchev–Trinajstić information content (AvgIpc) is 3.04. The second-order valence-corrected chi connectivity index (χ2v) is 7.16. The van der Waals surface area contributed by atoms with Crippen molar-refractivity contribution in [3.8, 4) is 0 Å². The van der Waals surface area contributed by atoms with Crippen LogP contribution in [-0.4, -0.2) is 34.3 Å². The molecule has 2 aliphatic rings. The van der Waals surface area contributed by atoms with E-state index in [1.165, 1.54) is 0 Å². The zero-order valence-corrected chi connectivity index (χ0v) is 15.3. The number of amides is 2. The molecule has 1 aliphatic heterocycles. The monoisotopic (exact) mass is 376 g/mol. The highest BCUT2D eigenvalue weighted by Gasteiger charge is 2.39. The van der Waals surface area contributed by atoms with Crippen LogP contribution >= 0.6 is 0 Å². The number of carbonyl (C=O) groups is 4. The number of benzene rings is 2. The van der Waals surface area contributed by atoms with Gasteiger partial charge in [0.15, 0.2) is 5.78 Å². The number of hydrogen-bond acceptors (Lipinski definition) is 4. The minimum absolute atomic E-state index is 0.0604. The summed E-state index contributed by atoms with van der Waals surface area (Å²) in [6.45, 7) is 0.630. The fourth-order valence-electron chi connectivity index (χ4n) is 3.89. The number of nitrogens with one attached hydrogen (secondary N) is 1. The maximum atomic E-state index is 12.8. The molecule has 28 heavy (non-hydrogen) atoms. The van der Waals surface area contributed by atoms with Crippen molar-refractivity contribution < 1.29 is 19.2 Å². The summed E-state index contributed by atoms with van der Waals surface area (Å²) >= 11 is 0. The van der Waals surface area contributed by atoms with Crippen molar-refractivity contribution in [2.75, 3.05) is 0 Å². The molecule has 6 heteroatoms. The van der Waals surface area contributed by atoms with Gasteiger partial charge in [0.2, 0.25) is 0 Å². The first-order valence-electron chi connectivity index (χ1n) is 9.34. The van der Waals surface area contributed by atoms with Gasteiger partial charge in [0, 0.05) is 30.6 Å². The number of Topliss-reactive ketones (excluding diaryl/α,β-unsaturated/α-hetero) is 2. The molecule has 1 atom stereocenters. The second-order valence-electron chi connectivity index (χ2n) is 7.16. The van der Waals surface area contributed by atoms with Crippen molar-refractivity contribution in [1.82, 2.24) is 10.2 Å². The number of hydrogen-bond donors (Lipinski definition) is 1. The summed E-state index contributed by atoms with van der Waals surface area (Å²) in [5, 5.41) is 2.89. The van der Waals surface area contributed by atoms with E-state index in [9.17, 15) is 19.2 Å². The minimum Gasteiger partial charge on any atom is -0.348 e. The quantitative estimate of drug-likeness (QED) is 0.830. The van der Waals surface area contributed by atoms with E-state index in [2.05, 4.69) is 5.32 Å². The zero-order valence-electron chi connectivity index (χ0n) is 15.3. The molecule has 0 bridgehead atoms. The Balaban J connectivity index is 1.51. The molecule has 1 fully saturated rings. The number of carbonyl (C=O) groups excluding carboxylic acids is 4. The van der Waals surface area contributed by atoms with Gasteiger partial charge in [-0.1, -0.05) is 30.3 Å². The first-order chi connectivity index (χ1) is 13.5. The lowest BCUT2D eigenvalue weighted by Crippen LogP contribution is -2.44. The summed E-state index contributed by atoms with van der Waals surface area (Å²) in [6.07, 6.45) is 0.624. The van der Waals surface area contributed by atoms with E-state index in [-0.39, 0.29) is 29.8 Å². The van der Waals surface area contributed by atoms with Crippen LogP contribution in [0.3, 0.4) is 0 Å². The molecule has 2 aromatic carbocycles. The van der Waals surface area contributed by atoms with Crippen LogP contribution in [0.25, 0.3) is 0 Å². The van der Waals surface area contributed by atoms with Gasteiger partial charge in [-0.2, -0.15) is 0 Å². The number of rotatable bonds is 4. The third kappa shape index (κ3) is 3.33. The molecule has 2 aromatic rings. The predicted octanol–water partition coefficient (Wildman–Crippen LogP) is 2.26. The van der Waals surface area contributed by atoms with Crippen LogP contribution in [0.5, 0.6) is 0 Å². The summed E-state index contributed by atoms with van der Waals surface area (Å²) in [5.74, 6) is -0.606. The predicted molar refractivity (Wildman–Crippen MR) is 102 cm³/mol. The summed E-state index contributed by atoms with van der Waals surface area (Å²) in [7, 11) is 0. The molecule has 1 saturated carbocycles. The van der Waals surface area contributed by atoms with Gasteiger partial charge in [-0.3, -0.25) is 19.2 Å². The van der Waals surface area contributed by atoms with Crippen molar-refractivity contribution in [3.05, 3.63) is 70.8 Å². The van der Waals surface area contributed by atoms with E-state index in [1.54, 1.807) is 41.3 Å². The van der Waals surface area contributed by atoms with Gasteiger partial charge < -0.3 is 10.2 Å². The highest BCUT2D eigenvalue weighted by Crippen LogP contribution is 2.31. The standard InChI is InChI=1S/C22H20N2O4/c25-16-9-10-19(20(26)11-16)24-13-18-15(7-4-8-17(18)22(24)28)12-23-21(27)14-5-2-1-3-6-14/h1-8,19H,9-13H2,(H,23,27). The van der Waals surface area contributed by atoms with Gasteiger partial charge in [0.1, 0.15) is 5.78 Å². The first kappa shape index (κ1) is 18.1. The molecule has 4 rings (SSSR count). The maximum Gasteiger partial charge on any atom is 0.255 e. The zero-order chi connectivity index (χ0) is 19.7. The van der Waals surface area contributed by atoms with E-state index in [4.69, 9.17) is 0 Å². The van der Waals surface area contributed by atoms with E-state index < -0.39 is 6.04 Å². The van der Waals surface area contributed by atoms with Gasteiger partial charge in [-0.05, 0) is 35.7 Å². The lowest BCUT2D eigenvalue weighted by atomic mass is 9.92. The molecule has 0 saturated heterocycles. The van der Waals surface area contributed by atoms with Crippen LogP contribution in [0.1, 0.15) is 51.1 Å². The minimum atomic E-state index is -0.538. The lowest BCUT2D eigenvalue weighted by Gasteiger charge is -2.29. The van der Waals surface area contributed by atoms with Crippen LogP contribution in [0.15, 0.2) is 48.5 Å². The normalized spacial score (nSPS) is 18.9. The molecular formula is C22H20N2O4. The summed E-state index contributed by atoms with van der Waals surface area (Å²) in [6, 6.07) is 13.8. The van der Waals surface area contributed by atoms with Crippen LogP contribution < -0.4 is 5.32 Å². The first-order valence-corrected chi connectivity index (χ1v) is 9.34. The Kier molecular flexibility index (Phi) is 4.77. The molecule has 1 heterocycles. The maximum absolute atomic E-state index is 12.8. The molecule has 0 aromatic heterocycles. The molecule has 0 radical (unpaired) electrons. The summed E-state index contributed by atoms with van der Waals surface area (Å²) < 4.78 is 0. The van der Waals surface area contributed by atoms with Crippen molar-refractivity contribution in [1.29, 1.82) is 0 Å². The van der Waals surface area contributed by atoms with E-state index in [0.717, 1.165) is 11.1 Å². The number of fused-ring (bicyclic) bond motifs is 1. The number of ketones is 2. The third-order valence-electron chi connectivity index (χ3n) is 5.38. The molecule has 1 N–H and O–H groups in total. The van der Waals surface area contributed by atoms with Crippen LogP contribution in [0, 0.1) is 0 Å². The molecular weight excluding hydrogens is 356 g/mol. The molecule has 1 aliphatic carbocycles. The molecule has 2 amide bonds. The van der Waals surface area contributed by atoms with Crippen molar-refractivity contribution in [3.63, 3.8) is 0 Å². The summed E-state index contributed by atoms with van der Waals surface area (Å²) in [4.78, 5) is 50.5. The highest BCUT2D eigenvalue weighted by atomic mass is 16.2. The largest absolute Gasteiger partial charge is 0.348 e. The average molecular weight is 376 g/mol. The molecule has 142 valence electrons. The van der Waals surface area contributed by atoms with Gasteiger partial charge in [-0.15, -0.1) is 0 Å². The van der Waals surface area contributed by atoms with Gasteiger partial charge in [-0.25, -0.2) is 0 Å². The Morgan fingerprint density at radius 3 is 2.57 bits per heavy atom. The SMILES string of the molecule is O=C1CCC(N2Cc3c(CNC(=O)c4ccccc4)cccc3C2=O)C(=O)C1. The molecule has 1 unspecified atom stereocenters. The fourth-order valence-corrected chi connectivity index (χ4v) is 3.89. The van der Waals surface area contributed by atoms with Crippen LogP contribution in [0.4, 0.5) is 0 Å². The third-order valence-corrected chi connectivity index (χ3v) is 5.38. The fraction of sp³-hybridized carbons (Fsp3) is 0.273. The van der Waals surface area contributed by atoms with Crippen LogP contribution in [-0.2, 0) is 22.7 Å². The van der Waals surface area contributed by atoms with Crippen molar-refractivity contribution >= 4 is 23.4 Å². The van der Waals surface area contributed by atoms with Crippen LogP contribution in [0.2, 0.25) is 0 Å². The van der Waals surface area contributed by atoms with Gasteiger partial charge in [0.05, 0.1) is 12.5 Å².